The summed E-state index contributed by atoms with van der Waals surface area (Å²) in [6, 6.07) is 0.142. The number of nitrogens with one attached hydrogen (secondary N) is 1. The molecule has 2 heterocycles. The maximum absolute atomic E-state index is 11.7. The minimum Gasteiger partial charge on any atom is -0.388 e. The van der Waals surface area contributed by atoms with Gasteiger partial charge in [-0.2, -0.15) is 0 Å². The number of nitrogens with zero attached hydrogens (tertiary/aromatic N) is 2. The summed E-state index contributed by atoms with van der Waals surface area (Å²) in [6.45, 7) is 3.79. The largest absolute Gasteiger partial charge is 0.388 e. The highest BCUT2D eigenvalue weighted by atomic mass is 16.5. The molecule has 0 bridgehead atoms. The lowest BCUT2D eigenvalue weighted by molar-refractivity contribution is -0.0825. The van der Waals surface area contributed by atoms with Crippen LogP contribution < -0.4 is 5.32 Å². The van der Waals surface area contributed by atoms with Gasteiger partial charge in [-0.15, -0.1) is 0 Å². The fourth-order valence-electron chi connectivity index (χ4n) is 2.95. The van der Waals surface area contributed by atoms with Gasteiger partial charge in [0.1, 0.15) is 0 Å². The van der Waals surface area contributed by atoms with E-state index in [0.717, 1.165) is 25.9 Å². The van der Waals surface area contributed by atoms with E-state index in [1.165, 1.54) is 0 Å². The zero-order valence-electron chi connectivity index (χ0n) is 12.6. The third-order valence-corrected chi connectivity index (χ3v) is 4.18. The number of likely N-dealkylation sites (tertiary alicyclic amines) is 1. The molecule has 2 N–H and O–H groups in total. The van der Waals surface area contributed by atoms with E-state index in [-0.39, 0.29) is 12.1 Å². The third kappa shape index (κ3) is 4.33. The summed E-state index contributed by atoms with van der Waals surface area (Å²) in [5.41, 5.74) is -0.619. The molecule has 20 heavy (non-hydrogen) atoms. The van der Waals surface area contributed by atoms with Crippen molar-refractivity contribution in [1.82, 2.24) is 15.1 Å². The summed E-state index contributed by atoms with van der Waals surface area (Å²) in [5, 5.41) is 13.6. The summed E-state index contributed by atoms with van der Waals surface area (Å²) in [5.74, 6) is 0. The van der Waals surface area contributed by atoms with Crippen LogP contribution in [0.1, 0.15) is 25.7 Å². The quantitative estimate of drug-likeness (QED) is 0.781. The monoisotopic (exact) mass is 285 g/mol. The number of aliphatic hydroxyl groups is 1. The fraction of sp³-hybridized carbons (Fsp3) is 0.929. The number of rotatable bonds is 3. The molecule has 1 atom stereocenters. The van der Waals surface area contributed by atoms with Gasteiger partial charge in [-0.3, -0.25) is 4.90 Å². The number of amides is 2. The molecule has 0 aliphatic carbocycles. The van der Waals surface area contributed by atoms with E-state index in [1.807, 2.05) is 0 Å². The highest BCUT2D eigenvalue weighted by Crippen LogP contribution is 2.23. The van der Waals surface area contributed by atoms with Crippen molar-refractivity contribution >= 4 is 6.03 Å². The number of carbonyl (C=O) groups excluding carboxylic acids is 1. The lowest BCUT2D eigenvalue weighted by Gasteiger charge is -2.40. The molecule has 116 valence electrons. The standard InChI is InChI=1S/C14H27N3O3/c1-16(2)13(18)15-12-4-3-7-17(10-12)11-14(19)5-8-20-9-6-14/h12,19H,3-11H2,1-2H3,(H,15,18). The van der Waals surface area contributed by atoms with Crippen molar-refractivity contribution in [3.63, 3.8) is 0 Å². The number of piperidine rings is 1. The van der Waals surface area contributed by atoms with Gasteiger partial charge in [0.2, 0.25) is 0 Å². The molecule has 1 unspecified atom stereocenters. The lowest BCUT2D eigenvalue weighted by atomic mass is 9.92. The van der Waals surface area contributed by atoms with Crippen LogP contribution in [0.2, 0.25) is 0 Å². The van der Waals surface area contributed by atoms with Crippen LogP contribution in [0.25, 0.3) is 0 Å². The van der Waals surface area contributed by atoms with Crippen molar-refractivity contribution < 1.29 is 14.6 Å². The Kier molecular flexibility index (Phi) is 5.23. The molecule has 2 aliphatic rings. The molecule has 2 saturated heterocycles. The van der Waals surface area contributed by atoms with Crippen LogP contribution in [0.3, 0.4) is 0 Å². The maximum Gasteiger partial charge on any atom is 0.317 e. The van der Waals surface area contributed by atoms with E-state index in [2.05, 4.69) is 10.2 Å². The predicted molar refractivity (Wildman–Crippen MR) is 76.7 cm³/mol. The van der Waals surface area contributed by atoms with Gasteiger partial charge < -0.3 is 20.1 Å². The first-order chi connectivity index (χ1) is 9.48. The van der Waals surface area contributed by atoms with Crippen molar-refractivity contribution in [1.29, 1.82) is 0 Å². The zero-order chi connectivity index (χ0) is 14.6. The molecule has 0 aromatic rings. The minimum atomic E-state index is -0.619. The molecule has 2 rings (SSSR count). The molecule has 0 radical (unpaired) electrons. The molecular formula is C14H27N3O3. The SMILES string of the molecule is CN(C)C(=O)NC1CCCN(CC2(O)CCOCC2)C1. The molecule has 6 heteroatoms. The maximum atomic E-state index is 11.7. The molecule has 2 fully saturated rings. The topological polar surface area (TPSA) is 65.0 Å². The highest BCUT2D eigenvalue weighted by Gasteiger charge is 2.33. The van der Waals surface area contributed by atoms with Crippen molar-refractivity contribution in [2.45, 2.75) is 37.3 Å². The smallest absolute Gasteiger partial charge is 0.317 e. The molecule has 0 spiro atoms. The Morgan fingerprint density at radius 3 is 2.80 bits per heavy atom. The van der Waals surface area contributed by atoms with E-state index in [9.17, 15) is 9.90 Å². The summed E-state index contributed by atoms with van der Waals surface area (Å²) in [7, 11) is 3.50. The lowest BCUT2D eigenvalue weighted by Crippen LogP contribution is -2.54. The summed E-state index contributed by atoms with van der Waals surface area (Å²) < 4.78 is 5.31. The Hall–Kier alpha value is -0.850. The van der Waals surface area contributed by atoms with Gasteiger partial charge in [-0.25, -0.2) is 4.79 Å². The molecule has 0 aromatic carbocycles. The number of hydrogen-bond donors (Lipinski definition) is 2. The Labute approximate surface area is 121 Å². The van der Waals surface area contributed by atoms with Gasteiger partial charge in [-0.05, 0) is 19.4 Å². The van der Waals surface area contributed by atoms with Crippen molar-refractivity contribution in [2.75, 3.05) is 46.9 Å². The average molecular weight is 285 g/mol. The Morgan fingerprint density at radius 1 is 1.45 bits per heavy atom. The minimum absolute atomic E-state index is 0.0402. The van der Waals surface area contributed by atoms with Crippen LogP contribution in [0.15, 0.2) is 0 Å². The van der Waals surface area contributed by atoms with Crippen molar-refractivity contribution in [3.8, 4) is 0 Å². The predicted octanol–water partition coefficient (Wildman–Crippen LogP) is 0.264. The van der Waals surface area contributed by atoms with Gasteiger partial charge in [0, 0.05) is 59.3 Å². The molecule has 2 aliphatic heterocycles. The van der Waals surface area contributed by atoms with Crippen molar-refractivity contribution in [3.05, 3.63) is 0 Å². The van der Waals surface area contributed by atoms with Gasteiger partial charge in [0.25, 0.3) is 0 Å². The van der Waals surface area contributed by atoms with Crippen LogP contribution in [0.4, 0.5) is 4.79 Å². The van der Waals surface area contributed by atoms with Crippen LogP contribution in [-0.2, 0) is 4.74 Å². The van der Waals surface area contributed by atoms with Gasteiger partial charge in [0.05, 0.1) is 5.60 Å². The van der Waals surface area contributed by atoms with E-state index < -0.39 is 5.60 Å². The number of β-amino-alcohol motifs (C(OH)–C–C–N with tert-alkyl or cyclic N) is 1. The molecule has 2 amide bonds. The number of ether oxygens (including phenoxy) is 1. The second-order valence-corrected chi connectivity index (χ2v) is 6.25. The first-order valence-electron chi connectivity index (χ1n) is 7.49. The summed E-state index contributed by atoms with van der Waals surface area (Å²) in [4.78, 5) is 15.5. The first-order valence-corrected chi connectivity index (χ1v) is 7.49. The molecular weight excluding hydrogens is 258 g/mol. The van der Waals surface area contributed by atoms with E-state index in [4.69, 9.17) is 4.74 Å². The summed E-state index contributed by atoms with van der Waals surface area (Å²) in [6.07, 6.45) is 3.49. The van der Waals surface area contributed by atoms with Crippen LogP contribution in [0, 0.1) is 0 Å². The van der Waals surface area contributed by atoms with Crippen LogP contribution >= 0.6 is 0 Å². The Morgan fingerprint density at radius 2 is 2.15 bits per heavy atom. The Balaban J connectivity index is 1.82. The molecule has 0 saturated carbocycles. The van der Waals surface area contributed by atoms with Gasteiger partial charge in [0.15, 0.2) is 0 Å². The molecule has 0 aromatic heterocycles. The second kappa shape index (κ2) is 6.74. The Bertz CT molecular complexity index is 330. The molecule has 6 nitrogen and oxygen atoms in total. The van der Waals surface area contributed by atoms with Crippen molar-refractivity contribution in [2.24, 2.45) is 0 Å². The zero-order valence-corrected chi connectivity index (χ0v) is 12.6. The fourth-order valence-corrected chi connectivity index (χ4v) is 2.95. The number of carbonyl (C=O) groups is 1. The summed E-state index contributed by atoms with van der Waals surface area (Å²) >= 11 is 0. The number of urea groups is 1. The first kappa shape index (κ1) is 15.5. The van der Waals surface area contributed by atoms with E-state index in [1.54, 1.807) is 19.0 Å². The third-order valence-electron chi connectivity index (χ3n) is 4.18. The van der Waals surface area contributed by atoms with E-state index in [0.29, 0.717) is 32.6 Å². The van der Waals surface area contributed by atoms with Crippen LogP contribution in [-0.4, -0.2) is 79.5 Å². The second-order valence-electron chi connectivity index (χ2n) is 6.25. The number of hydrogen-bond acceptors (Lipinski definition) is 4. The van der Waals surface area contributed by atoms with Crippen LogP contribution in [0.5, 0.6) is 0 Å². The van der Waals surface area contributed by atoms with Gasteiger partial charge >= 0.3 is 6.03 Å². The highest BCUT2D eigenvalue weighted by molar-refractivity contribution is 5.73. The average Bonchev–Trinajstić information content (AvgIpc) is 2.39. The van der Waals surface area contributed by atoms with Gasteiger partial charge in [-0.1, -0.05) is 0 Å². The van der Waals surface area contributed by atoms with E-state index >= 15 is 0 Å². The normalized spacial score (nSPS) is 27.1.